The van der Waals surface area contributed by atoms with E-state index in [0.717, 1.165) is 17.7 Å². The van der Waals surface area contributed by atoms with E-state index in [0.29, 0.717) is 10.6 Å². The van der Waals surface area contributed by atoms with Crippen molar-refractivity contribution in [3.63, 3.8) is 0 Å². The SMILES string of the molecule is CC(=O)NC1CNC2(S(=O)(=O)c3ccc(Cl)cc3Cl)CN(C3CC3)C(=O)C(Cc3cccc(Cl)c3)N2C1=O. The Morgan fingerprint density at radius 3 is 2.42 bits per heavy atom. The zero-order chi connectivity index (χ0) is 27.4. The second kappa shape index (κ2) is 9.98. The topological polar surface area (TPSA) is 116 Å². The molecule has 2 N–H and O–H groups in total. The van der Waals surface area contributed by atoms with Crippen LogP contribution in [0.25, 0.3) is 0 Å². The Balaban J connectivity index is 1.69. The number of hydrogen-bond acceptors (Lipinski definition) is 6. The van der Waals surface area contributed by atoms with Crippen LogP contribution in [0.1, 0.15) is 25.3 Å². The van der Waals surface area contributed by atoms with Gasteiger partial charge in [0.25, 0.3) is 0 Å². The molecule has 0 radical (unpaired) electrons. The van der Waals surface area contributed by atoms with Crippen LogP contribution in [0.3, 0.4) is 0 Å². The first-order valence-corrected chi connectivity index (χ1v) is 14.7. The lowest BCUT2D eigenvalue weighted by Crippen LogP contribution is -2.83. The summed E-state index contributed by atoms with van der Waals surface area (Å²) in [6.45, 7) is 0.817. The van der Waals surface area contributed by atoms with E-state index in [1.807, 2.05) is 0 Å². The average Bonchev–Trinajstić information content (AvgIpc) is 3.67. The number of fused-ring (bicyclic) bond motifs is 1. The predicted octanol–water partition coefficient (Wildman–Crippen LogP) is 2.63. The van der Waals surface area contributed by atoms with Crippen LogP contribution in [-0.4, -0.2) is 72.1 Å². The van der Waals surface area contributed by atoms with Crippen LogP contribution in [0.2, 0.25) is 15.1 Å². The van der Waals surface area contributed by atoms with E-state index < -0.39 is 38.7 Å². The highest BCUT2D eigenvalue weighted by molar-refractivity contribution is 7.93. The van der Waals surface area contributed by atoms with Crippen molar-refractivity contribution in [2.24, 2.45) is 0 Å². The standard InChI is InChI=1S/C25H25Cl3N4O5S/c1-14(33)30-20-12-29-25(38(36,37)22-8-5-17(27)11-19(22)28)13-31(18-6-7-18)24(35)21(32(25)23(20)34)10-15-3-2-4-16(26)9-15/h2-5,8-9,11,18,20-21,29H,6-7,10,12-13H2,1H3,(H,30,33). The maximum absolute atomic E-state index is 14.5. The van der Waals surface area contributed by atoms with Gasteiger partial charge in [-0.3, -0.25) is 24.6 Å². The predicted molar refractivity (Wildman–Crippen MR) is 143 cm³/mol. The highest BCUT2D eigenvalue weighted by atomic mass is 35.5. The normalized spacial score (nSPS) is 25.8. The summed E-state index contributed by atoms with van der Waals surface area (Å²) in [6.07, 6.45) is 1.49. The Morgan fingerprint density at radius 2 is 1.79 bits per heavy atom. The number of piperazine rings is 1. The number of halogens is 3. The van der Waals surface area contributed by atoms with Crippen LogP contribution in [0.15, 0.2) is 47.4 Å². The van der Waals surface area contributed by atoms with Crippen LogP contribution in [0, 0.1) is 0 Å². The van der Waals surface area contributed by atoms with Gasteiger partial charge in [0.1, 0.15) is 12.1 Å². The first-order valence-electron chi connectivity index (χ1n) is 12.0. The molecule has 2 aromatic carbocycles. The summed E-state index contributed by atoms with van der Waals surface area (Å²) in [6, 6.07) is 8.46. The molecule has 2 saturated heterocycles. The number of carbonyl (C=O) groups excluding carboxylic acids is 3. The van der Waals surface area contributed by atoms with Gasteiger partial charge in [0.15, 0.2) is 0 Å². The molecule has 3 unspecified atom stereocenters. The molecular weight excluding hydrogens is 575 g/mol. The van der Waals surface area contributed by atoms with Crippen molar-refractivity contribution in [3.05, 3.63) is 63.1 Å². The largest absolute Gasteiger partial charge is 0.343 e. The third kappa shape index (κ3) is 4.66. The third-order valence-electron chi connectivity index (χ3n) is 7.08. The fourth-order valence-corrected chi connectivity index (χ4v) is 8.14. The first-order chi connectivity index (χ1) is 17.9. The molecule has 2 heterocycles. The minimum absolute atomic E-state index is 0.0223. The molecule has 3 fully saturated rings. The van der Waals surface area contributed by atoms with Crippen molar-refractivity contribution in [2.45, 2.75) is 54.2 Å². The van der Waals surface area contributed by atoms with Gasteiger partial charge in [-0.25, -0.2) is 8.42 Å². The van der Waals surface area contributed by atoms with Crippen molar-refractivity contribution >= 4 is 62.4 Å². The van der Waals surface area contributed by atoms with Crippen LogP contribution >= 0.6 is 34.8 Å². The molecule has 2 aromatic rings. The Hall–Kier alpha value is -2.37. The molecule has 5 rings (SSSR count). The van der Waals surface area contributed by atoms with Crippen molar-refractivity contribution in [3.8, 4) is 0 Å². The highest BCUT2D eigenvalue weighted by Gasteiger charge is 2.64. The molecule has 3 atom stereocenters. The number of amides is 3. The van der Waals surface area contributed by atoms with E-state index in [2.05, 4.69) is 10.6 Å². The maximum Gasteiger partial charge on any atom is 0.249 e. The summed E-state index contributed by atoms with van der Waals surface area (Å²) in [5, 5.41) is 6.21. The lowest BCUT2D eigenvalue weighted by Gasteiger charge is -2.56. The summed E-state index contributed by atoms with van der Waals surface area (Å²) in [4.78, 5) is 40.1. The minimum atomic E-state index is -4.44. The number of nitrogens with zero attached hydrogens (tertiary/aromatic N) is 2. The van der Waals surface area contributed by atoms with E-state index in [9.17, 15) is 22.8 Å². The van der Waals surface area contributed by atoms with Gasteiger partial charge in [-0.05, 0) is 48.7 Å². The van der Waals surface area contributed by atoms with E-state index in [-0.39, 0.29) is 46.4 Å². The molecule has 9 nitrogen and oxygen atoms in total. The fraction of sp³-hybridized carbons (Fsp3) is 0.400. The summed E-state index contributed by atoms with van der Waals surface area (Å²) < 4.78 is 28.9. The van der Waals surface area contributed by atoms with Crippen LogP contribution in [0.4, 0.5) is 0 Å². The molecule has 2 aliphatic heterocycles. The van der Waals surface area contributed by atoms with E-state index in [4.69, 9.17) is 34.8 Å². The fourth-order valence-electron chi connectivity index (χ4n) is 5.23. The molecule has 0 spiro atoms. The summed E-state index contributed by atoms with van der Waals surface area (Å²) in [7, 11) is -4.44. The molecule has 3 aliphatic rings. The monoisotopic (exact) mass is 598 g/mol. The molecule has 0 bridgehead atoms. The molecule has 13 heteroatoms. The molecule has 0 aromatic heterocycles. The lowest BCUT2D eigenvalue weighted by atomic mass is 9.96. The van der Waals surface area contributed by atoms with Gasteiger partial charge < -0.3 is 10.2 Å². The Kier molecular flexibility index (Phi) is 7.15. The second-order valence-electron chi connectivity index (χ2n) is 9.75. The van der Waals surface area contributed by atoms with Crippen molar-refractivity contribution in [1.29, 1.82) is 0 Å². The van der Waals surface area contributed by atoms with Crippen molar-refractivity contribution in [1.82, 2.24) is 20.4 Å². The highest BCUT2D eigenvalue weighted by Crippen LogP contribution is 2.43. The molecule has 1 saturated carbocycles. The summed E-state index contributed by atoms with van der Waals surface area (Å²) in [5.74, 6) is -1.50. The average molecular weight is 600 g/mol. The quantitative estimate of drug-likeness (QED) is 0.528. The zero-order valence-electron chi connectivity index (χ0n) is 20.3. The number of rotatable bonds is 6. The number of carbonyl (C=O) groups is 3. The minimum Gasteiger partial charge on any atom is -0.343 e. The molecule has 1 aliphatic carbocycles. The first kappa shape index (κ1) is 27.2. The number of benzene rings is 2. The van der Waals surface area contributed by atoms with Gasteiger partial charge in [-0.15, -0.1) is 0 Å². The van der Waals surface area contributed by atoms with Gasteiger partial charge in [0.2, 0.25) is 32.6 Å². The molecule has 202 valence electrons. The van der Waals surface area contributed by atoms with Crippen LogP contribution in [0.5, 0.6) is 0 Å². The van der Waals surface area contributed by atoms with Gasteiger partial charge in [0.05, 0.1) is 16.5 Å². The van der Waals surface area contributed by atoms with Crippen LogP contribution in [-0.2, 0) is 30.6 Å². The van der Waals surface area contributed by atoms with Gasteiger partial charge in [-0.2, -0.15) is 0 Å². The Morgan fingerprint density at radius 1 is 1.08 bits per heavy atom. The third-order valence-corrected chi connectivity index (χ3v) is 10.3. The van der Waals surface area contributed by atoms with Crippen molar-refractivity contribution in [2.75, 3.05) is 13.1 Å². The van der Waals surface area contributed by atoms with Crippen molar-refractivity contribution < 1.29 is 22.8 Å². The maximum atomic E-state index is 14.5. The smallest absolute Gasteiger partial charge is 0.249 e. The summed E-state index contributed by atoms with van der Waals surface area (Å²) in [5.41, 5.74) is 0.652. The number of sulfone groups is 1. The van der Waals surface area contributed by atoms with E-state index in [1.54, 1.807) is 29.2 Å². The van der Waals surface area contributed by atoms with E-state index in [1.165, 1.54) is 25.1 Å². The second-order valence-corrected chi connectivity index (χ2v) is 13.2. The lowest BCUT2D eigenvalue weighted by molar-refractivity contribution is -0.166. The van der Waals surface area contributed by atoms with Crippen LogP contribution < -0.4 is 10.6 Å². The number of hydrogen-bond donors (Lipinski definition) is 2. The Labute approximate surface area is 235 Å². The van der Waals surface area contributed by atoms with Gasteiger partial charge >= 0.3 is 0 Å². The van der Waals surface area contributed by atoms with Gasteiger partial charge in [0, 0.05) is 36.0 Å². The molecule has 3 amide bonds. The summed E-state index contributed by atoms with van der Waals surface area (Å²) >= 11 is 18.6. The molecular formula is C25H25Cl3N4O5S. The molecule has 38 heavy (non-hydrogen) atoms. The van der Waals surface area contributed by atoms with Gasteiger partial charge in [-0.1, -0.05) is 46.9 Å². The number of nitrogens with one attached hydrogen (secondary N) is 2. The van der Waals surface area contributed by atoms with E-state index >= 15 is 0 Å². The Bertz CT molecular complexity index is 1430. The zero-order valence-corrected chi connectivity index (χ0v) is 23.4.